The predicted octanol–water partition coefficient (Wildman–Crippen LogP) is 2.09. The molecule has 6 heteroatoms. The van der Waals surface area contributed by atoms with Crippen LogP contribution in [0.3, 0.4) is 0 Å². The fourth-order valence-corrected chi connectivity index (χ4v) is 1.87. The topological polar surface area (TPSA) is 67.6 Å². The summed E-state index contributed by atoms with van der Waals surface area (Å²) in [6, 6.07) is 4.15. The van der Waals surface area contributed by atoms with Crippen LogP contribution >= 0.6 is 0 Å². The van der Waals surface area contributed by atoms with Gasteiger partial charge in [0.2, 0.25) is 5.91 Å². The normalized spacial score (nSPS) is 10.9. The zero-order valence-corrected chi connectivity index (χ0v) is 12.7. The molecule has 1 aromatic rings. The smallest absolute Gasteiger partial charge is 0.225 e. The molecule has 118 valence electrons. The van der Waals surface area contributed by atoms with Gasteiger partial charge in [-0.2, -0.15) is 0 Å². The molecule has 3 N–H and O–H groups in total. The number of nitrogens with two attached hydrogens (primary N) is 1. The van der Waals surface area contributed by atoms with Crippen molar-refractivity contribution in [1.29, 1.82) is 0 Å². The van der Waals surface area contributed by atoms with Crippen LogP contribution in [0.1, 0.15) is 20.3 Å². The number of rotatable bonds is 9. The van der Waals surface area contributed by atoms with Crippen molar-refractivity contribution < 1.29 is 13.9 Å². The molecular weight excluding hydrogens is 273 g/mol. The molecule has 0 aromatic heterocycles. The molecule has 0 spiro atoms. The predicted molar refractivity (Wildman–Crippen MR) is 82.7 cm³/mol. The monoisotopic (exact) mass is 297 g/mol. The Kier molecular flexibility index (Phi) is 7.71. The fraction of sp³-hybridized carbons (Fsp3) is 0.533. The summed E-state index contributed by atoms with van der Waals surface area (Å²) >= 11 is 0. The molecule has 0 aliphatic heterocycles. The Balaban J connectivity index is 2.36. The van der Waals surface area contributed by atoms with Gasteiger partial charge in [0, 0.05) is 31.8 Å². The summed E-state index contributed by atoms with van der Waals surface area (Å²) in [5.41, 5.74) is 6.00. The number of nitrogens with zero attached hydrogens (tertiary/aromatic N) is 1. The van der Waals surface area contributed by atoms with Crippen molar-refractivity contribution in [2.75, 3.05) is 43.9 Å². The third-order valence-corrected chi connectivity index (χ3v) is 3.14. The number of nitrogen functional groups attached to an aromatic ring is 1. The van der Waals surface area contributed by atoms with E-state index in [2.05, 4.69) is 10.2 Å². The van der Waals surface area contributed by atoms with Crippen LogP contribution in [-0.2, 0) is 9.53 Å². The zero-order valence-electron chi connectivity index (χ0n) is 12.7. The van der Waals surface area contributed by atoms with Gasteiger partial charge < -0.3 is 20.7 Å². The molecule has 0 bridgehead atoms. The number of nitrogens with one attached hydrogen (secondary N) is 1. The summed E-state index contributed by atoms with van der Waals surface area (Å²) < 4.78 is 18.3. The standard InChI is InChI=1S/C15H24FN3O2/c1-3-19(9-10-21-4-2)8-7-15(20)18-12-5-6-13(16)14(17)11-12/h5-6,11H,3-4,7-10,17H2,1-2H3,(H,18,20). The molecule has 0 atom stereocenters. The van der Waals surface area contributed by atoms with Gasteiger partial charge in [-0.3, -0.25) is 4.79 Å². The van der Waals surface area contributed by atoms with Crippen LogP contribution < -0.4 is 11.1 Å². The highest BCUT2D eigenvalue weighted by Gasteiger charge is 2.08. The van der Waals surface area contributed by atoms with E-state index < -0.39 is 5.82 Å². The summed E-state index contributed by atoms with van der Waals surface area (Å²) in [7, 11) is 0. The second kappa shape index (κ2) is 9.31. The summed E-state index contributed by atoms with van der Waals surface area (Å²) in [5.74, 6) is -0.600. The van der Waals surface area contributed by atoms with Crippen molar-refractivity contribution in [2.24, 2.45) is 0 Å². The van der Waals surface area contributed by atoms with Gasteiger partial charge in [-0.15, -0.1) is 0 Å². The lowest BCUT2D eigenvalue weighted by Gasteiger charge is -2.19. The second-order valence-corrected chi connectivity index (χ2v) is 4.67. The minimum absolute atomic E-state index is 0.0275. The Morgan fingerprint density at radius 1 is 1.38 bits per heavy atom. The molecule has 0 heterocycles. The van der Waals surface area contributed by atoms with Crippen molar-refractivity contribution >= 4 is 17.3 Å². The number of ether oxygens (including phenoxy) is 1. The highest BCUT2D eigenvalue weighted by atomic mass is 19.1. The Morgan fingerprint density at radius 2 is 2.14 bits per heavy atom. The van der Waals surface area contributed by atoms with Gasteiger partial charge in [-0.1, -0.05) is 6.92 Å². The molecule has 1 amide bonds. The second-order valence-electron chi connectivity index (χ2n) is 4.67. The van der Waals surface area contributed by atoms with Gasteiger partial charge >= 0.3 is 0 Å². The maximum absolute atomic E-state index is 13.0. The van der Waals surface area contributed by atoms with Crippen LogP contribution in [0.15, 0.2) is 18.2 Å². The molecule has 0 saturated carbocycles. The van der Waals surface area contributed by atoms with Crippen LogP contribution in [0, 0.1) is 5.82 Å². The van der Waals surface area contributed by atoms with E-state index in [-0.39, 0.29) is 11.6 Å². The molecule has 1 rings (SSSR count). The van der Waals surface area contributed by atoms with E-state index in [0.29, 0.717) is 31.9 Å². The van der Waals surface area contributed by atoms with E-state index in [1.807, 2.05) is 13.8 Å². The molecule has 21 heavy (non-hydrogen) atoms. The molecule has 0 radical (unpaired) electrons. The summed E-state index contributed by atoms with van der Waals surface area (Å²) in [4.78, 5) is 14.0. The van der Waals surface area contributed by atoms with E-state index in [1.165, 1.54) is 18.2 Å². The molecule has 0 aliphatic carbocycles. The van der Waals surface area contributed by atoms with Crippen molar-refractivity contribution in [1.82, 2.24) is 4.90 Å². The minimum atomic E-state index is -0.485. The van der Waals surface area contributed by atoms with Crippen LogP contribution in [0.25, 0.3) is 0 Å². The first-order valence-corrected chi connectivity index (χ1v) is 7.21. The van der Waals surface area contributed by atoms with Crippen molar-refractivity contribution in [3.63, 3.8) is 0 Å². The molecule has 0 fully saturated rings. The lowest BCUT2D eigenvalue weighted by atomic mass is 10.2. The molecule has 0 aliphatic rings. The highest BCUT2D eigenvalue weighted by molar-refractivity contribution is 5.91. The Morgan fingerprint density at radius 3 is 2.76 bits per heavy atom. The number of benzene rings is 1. The molecule has 0 unspecified atom stereocenters. The third kappa shape index (κ3) is 6.55. The van der Waals surface area contributed by atoms with Crippen molar-refractivity contribution in [3.05, 3.63) is 24.0 Å². The number of halogens is 1. The number of anilines is 2. The number of hydrogen-bond donors (Lipinski definition) is 2. The zero-order chi connectivity index (χ0) is 15.7. The third-order valence-electron chi connectivity index (χ3n) is 3.14. The average Bonchev–Trinajstić information content (AvgIpc) is 2.46. The number of carbonyl (C=O) groups excluding carboxylic acids is 1. The van der Waals surface area contributed by atoms with Gasteiger partial charge in [-0.25, -0.2) is 4.39 Å². The lowest BCUT2D eigenvalue weighted by Crippen LogP contribution is -2.31. The van der Waals surface area contributed by atoms with E-state index in [0.717, 1.165) is 13.1 Å². The van der Waals surface area contributed by atoms with E-state index in [9.17, 15) is 9.18 Å². The summed E-state index contributed by atoms with van der Waals surface area (Å²) in [6.07, 6.45) is 0.372. The minimum Gasteiger partial charge on any atom is -0.396 e. The quantitative estimate of drug-likeness (QED) is 0.541. The van der Waals surface area contributed by atoms with Crippen molar-refractivity contribution in [3.8, 4) is 0 Å². The fourth-order valence-electron chi connectivity index (χ4n) is 1.87. The van der Waals surface area contributed by atoms with Crippen LogP contribution in [0.2, 0.25) is 0 Å². The van der Waals surface area contributed by atoms with Crippen molar-refractivity contribution in [2.45, 2.75) is 20.3 Å². The Bertz CT molecular complexity index is 455. The molecular formula is C15H24FN3O2. The van der Waals surface area contributed by atoms with Gasteiger partial charge in [0.25, 0.3) is 0 Å². The number of carbonyl (C=O) groups is 1. The number of hydrogen-bond acceptors (Lipinski definition) is 4. The average molecular weight is 297 g/mol. The summed E-state index contributed by atoms with van der Waals surface area (Å²) in [5, 5.41) is 2.71. The first-order valence-electron chi connectivity index (χ1n) is 7.21. The Hall–Kier alpha value is -1.66. The molecule has 5 nitrogen and oxygen atoms in total. The number of amides is 1. The first-order chi connectivity index (χ1) is 10.1. The van der Waals surface area contributed by atoms with Crippen LogP contribution in [0.5, 0.6) is 0 Å². The van der Waals surface area contributed by atoms with E-state index in [1.54, 1.807) is 0 Å². The Labute approximate surface area is 125 Å². The maximum atomic E-state index is 13.0. The molecule has 1 aromatic carbocycles. The van der Waals surface area contributed by atoms with Gasteiger partial charge in [0.1, 0.15) is 5.82 Å². The number of likely N-dealkylation sites (N-methyl/N-ethyl adjacent to an activating group) is 1. The molecule has 0 saturated heterocycles. The van der Waals surface area contributed by atoms with Crippen LogP contribution in [-0.4, -0.2) is 43.7 Å². The van der Waals surface area contributed by atoms with Gasteiger partial charge in [0.15, 0.2) is 0 Å². The first kappa shape index (κ1) is 17.4. The lowest BCUT2D eigenvalue weighted by molar-refractivity contribution is -0.116. The SMILES string of the molecule is CCOCCN(CC)CCC(=O)Nc1ccc(F)c(N)c1. The summed E-state index contributed by atoms with van der Waals surface area (Å²) in [6.45, 7) is 7.70. The maximum Gasteiger partial charge on any atom is 0.225 e. The van der Waals surface area contributed by atoms with Gasteiger partial charge in [0.05, 0.1) is 12.3 Å². The highest BCUT2D eigenvalue weighted by Crippen LogP contribution is 2.16. The van der Waals surface area contributed by atoms with Gasteiger partial charge in [-0.05, 0) is 31.7 Å². The largest absolute Gasteiger partial charge is 0.396 e. The van der Waals surface area contributed by atoms with E-state index in [4.69, 9.17) is 10.5 Å². The van der Waals surface area contributed by atoms with E-state index >= 15 is 0 Å². The van der Waals surface area contributed by atoms with Crippen LogP contribution in [0.4, 0.5) is 15.8 Å².